The average molecular weight is 404 g/mol. The summed E-state index contributed by atoms with van der Waals surface area (Å²) in [4.78, 5) is 12.7. The van der Waals surface area contributed by atoms with Crippen molar-refractivity contribution in [2.24, 2.45) is 5.92 Å². The van der Waals surface area contributed by atoms with Crippen LogP contribution < -0.4 is 11.2 Å². The first-order valence-corrected chi connectivity index (χ1v) is 10.2. The Kier molecular flexibility index (Phi) is 5.82. The van der Waals surface area contributed by atoms with Gasteiger partial charge in [-0.05, 0) is 72.9 Å². The van der Waals surface area contributed by atoms with Crippen LogP contribution in [0.3, 0.4) is 0 Å². The van der Waals surface area contributed by atoms with Crippen molar-refractivity contribution in [3.63, 3.8) is 0 Å². The number of carbonyl (C=O) groups is 1. The Morgan fingerprint density at radius 2 is 2.19 bits per heavy atom. The first-order valence-electron chi connectivity index (χ1n) is 9.34. The van der Waals surface area contributed by atoms with Gasteiger partial charge < -0.3 is 11.2 Å². The third kappa shape index (κ3) is 3.71. The van der Waals surface area contributed by atoms with Gasteiger partial charge in [0.15, 0.2) is 0 Å². The number of anilines is 1. The normalized spacial score (nSPS) is 16.0. The molecule has 1 aliphatic rings. The number of nitrogens with one attached hydrogen (secondary N) is 1. The molecule has 4 rings (SSSR count). The van der Waals surface area contributed by atoms with Crippen molar-refractivity contribution in [1.29, 1.82) is 0 Å². The number of carbonyl (C=O) groups excluding carboxylic acids is 1. The van der Waals surface area contributed by atoms with Crippen molar-refractivity contribution in [1.82, 2.24) is 4.68 Å². The van der Waals surface area contributed by atoms with E-state index in [0.717, 1.165) is 40.2 Å². The number of thiophene rings is 1. The molecule has 6 heteroatoms. The summed E-state index contributed by atoms with van der Waals surface area (Å²) in [5.41, 5.74) is 5.45. The highest BCUT2D eigenvalue weighted by molar-refractivity contribution is 7.14. The summed E-state index contributed by atoms with van der Waals surface area (Å²) in [6.07, 6.45) is 5.78. The number of amides is 1. The van der Waals surface area contributed by atoms with E-state index in [1.807, 2.05) is 41.2 Å². The van der Waals surface area contributed by atoms with Crippen LogP contribution in [0.2, 0.25) is 0 Å². The maximum absolute atomic E-state index is 12.7. The standard InChI is InChI=1S/C21H25N3OS.ClH/c1-3-4-14-5-7-18-16(10-14)17-11-15(6-8-19(17)24(18)22)21(25)23-20-9-13(2)12-26-20;/h6,8-9,11-12,14H,3-5,7,10,22H2,1-2H3,(H,23,25);1H. The van der Waals surface area contributed by atoms with Gasteiger partial charge in [0.05, 0.1) is 10.5 Å². The second kappa shape index (κ2) is 7.95. The van der Waals surface area contributed by atoms with Gasteiger partial charge in [-0.3, -0.25) is 9.47 Å². The highest BCUT2D eigenvalue weighted by Crippen LogP contribution is 2.35. The van der Waals surface area contributed by atoms with E-state index in [-0.39, 0.29) is 18.3 Å². The number of aromatic nitrogens is 1. The smallest absolute Gasteiger partial charge is 0.256 e. The molecule has 27 heavy (non-hydrogen) atoms. The molecule has 0 radical (unpaired) electrons. The molecule has 1 atom stereocenters. The predicted molar refractivity (Wildman–Crippen MR) is 117 cm³/mol. The Balaban J connectivity index is 0.00000210. The number of rotatable bonds is 4. The Morgan fingerprint density at radius 1 is 1.37 bits per heavy atom. The summed E-state index contributed by atoms with van der Waals surface area (Å²) < 4.78 is 1.83. The van der Waals surface area contributed by atoms with E-state index in [2.05, 4.69) is 12.2 Å². The fraction of sp³-hybridized carbons (Fsp3) is 0.381. The SMILES string of the molecule is CCCC1CCc2c(c3cc(C(=O)Nc4cc(C)cs4)ccc3n2N)C1.Cl. The molecule has 1 aliphatic carbocycles. The Labute approximate surface area is 170 Å². The summed E-state index contributed by atoms with van der Waals surface area (Å²) in [7, 11) is 0. The molecular weight excluding hydrogens is 378 g/mol. The second-order valence-corrected chi connectivity index (χ2v) is 8.28. The van der Waals surface area contributed by atoms with Gasteiger partial charge >= 0.3 is 0 Å². The van der Waals surface area contributed by atoms with Gasteiger partial charge in [-0.15, -0.1) is 23.7 Å². The van der Waals surface area contributed by atoms with E-state index in [0.29, 0.717) is 5.56 Å². The lowest BCUT2D eigenvalue weighted by Crippen LogP contribution is -2.19. The first kappa shape index (κ1) is 19.8. The molecule has 0 saturated heterocycles. The van der Waals surface area contributed by atoms with Crippen LogP contribution in [0.1, 0.15) is 53.4 Å². The largest absolute Gasteiger partial charge is 0.339 e. The van der Waals surface area contributed by atoms with Crippen molar-refractivity contribution < 1.29 is 4.79 Å². The highest BCUT2D eigenvalue weighted by Gasteiger charge is 2.25. The monoisotopic (exact) mass is 403 g/mol. The zero-order chi connectivity index (χ0) is 18.3. The van der Waals surface area contributed by atoms with Gasteiger partial charge in [0.2, 0.25) is 0 Å². The van der Waals surface area contributed by atoms with Crippen LogP contribution in [0.15, 0.2) is 29.6 Å². The maximum atomic E-state index is 12.7. The summed E-state index contributed by atoms with van der Waals surface area (Å²) in [6.45, 7) is 4.28. The number of aryl methyl sites for hydroxylation is 1. The van der Waals surface area contributed by atoms with E-state index >= 15 is 0 Å². The van der Waals surface area contributed by atoms with Gasteiger partial charge in [0, 0.05) is 16.6 Å². The minimum atomic E-state index is -0.0619. The van der Waals surface area contributed by atoms with Crippen LogP contribution in [-0.4, -0.2) is 10.6 Å². The number of nitrogens with zero attached hydrogens (tertiary/aromatic N) is 1. The molecule has 0 saturated carbocycles. The summed E-state index contributed by atoms with van der Waals surface area (Å²) in [5.74, 6) is 7.01. The van der Waals surface area contributed by atoms with Gasteiger partial charge in [-0.1, -0.05) is 19.8 Å². The van der Waals surface area contributed by atoms with Crippen LogP contribution in [0.4, 0.5) is 5.00 Å². The molecule has 1 aromatic carbocycles. The van der Waals surface area contributed by atoms with Crippen LogP contribution in [-0.2, 0) is 12.8 Å². The quantitative estimate of drug-likeness (QED) is 0.580. The molecule has 0 aliphatic heterocycles. The van der Waals surface area contributed by atoms with Crippen molar-refractivity contribution in [3.05, 3.63) is 52.0 Å². The molecule has 2 heterocycles. The number of nitrogens with two attached hydrogens (primary N) is 1. The third-order valence-corrected chi connectivity index (χ3v) is 6.39. The Bertz CT molecular complexity index is 975. The molecular formula is C21H26ClN3OS. The molecule has 3 N–H and O–H groups in total. The van der Waals surface area contributed by atoms with Gasteiger partial charge in [0.25, 0.3) is 5.91 Å². The topological polar surface area (TPSA) is 60.0 Å². The van der Waals surface area contributed by atoms with Crippen molar-refractivity contribution in [3.8, 4) is 0 Å². The minimum absolute atomic E-state index is 0. The number of benzene rings is 1. The Morgan fingerprint density at radius 3 is 2.89 bits per heavy atom. The molecule has 1 unspecified atom stereocenters. The van der Waals surface area contributed by atoms with Crippen molar-refractivity contribution in [2.75, 3.05) is 11.2 Å². The molecule has 0 spiro atoms. The van der Waals surface area contributed by atoms with Crippen LogP contribution in [0.5, 0.6) is 0 Å². The second-order valence-electron chi connectivity index (χ2n) is 7.37. The lowest BCUT2D eigenvalue weighted by atomic mass is 9.84. The van der Waals surface area contributed by atoms with E-state index in [9.17, 15) is 4.79 Å². The predicted octanol–water partition coefficient (Wildman–Crippen LogP) is 5.30. The lowest BCUT2D eigenvalue weighted by molar-refractivity contribution is 0.102. The third-order valence-electron chi connectivity index (χ3n) is 5.43. The maximum Gasteiger partial charge on any atom is 0.256 e. The molecule has 1 amide bonds. The number of fused-ring (bicyclic) bond motifs is 3. The lowest BCUT2D eigenvalue weighted by Gasteiger charge is -2.22. The van der Waals surface area contributed by atoms with E-state index in [4.69, 9.17) is 5.84 Å². The zero-order valence-corrected chi connectivity index (χ0v) is 17.4. The van der Waals surface area contributed by atoms with Gasteiger partial charge in [-0.2, -0.15) is 0 Å². The van der Waals surface area contributed by atoms with E-state index in [1.54, 1.807) is 11.3 Å². The zero-order valence-electron chi connectivity index (χ0n) is 15.7. The fourth-order valence-electron chi connectivity index (χ4n) is 4.14. The Hall–Kier alpha value is -1.98. The molecule has 0 fully saturated rings. The number of hydrogen-bond donors (Lipinski definition) is 2. The summed E-state index contributed by atoms with van der Waals surface area (Å²) in [5, 5.41) is 7.06. The number of nitrogen functional groups attached to an aromatic ring is 1. The number of halogens is 1. The fourth-order valence-corrected chi connectivity index (χ4v) is 4.93. The van der Waals surface area contributed by atoms with Crippen LogP contribution in [0, 0.1) is 12.8 Å². The van der Waals surface area contributed by atoms with E-state index < -0.39 is 0 Å². The van der Waals surface area contributed by atoms with Crippen molar-refractivity contribution in [2.45, 2.75) is 46.0 Å². The van der Waals surface area contributed by atoms with E-state index in [1.165, 1.54) is 30.5 Å². The average Bonchev–Trinajstić information content (AvgIpc) is 3.16. The first-order chi connectivity index (χ1) is 12.6. The van der Waals surface area contributed by atoms with Crippen LogP contribution in [0.25, 0.3) is 10.9 Å². The minimum Gasteiger partial charge on any atom is -0.339 e. The number of hydrogen-bond acceptors (Lipinski definition) is 3. The van der Waals surface area contributed by atoms with Crippen LogP contribution >= 0.6 is 23.7 Å². The molecule has 4 nitrogen and oxygen atoms in total. The highest BCUT2D eigenvalue weighted by atomic mass is 35.5. The molecule has 2 aromatic heterocycles. The molecule has 3 aromatic rings. The summed E-state index contributed by atoms with van der Waals surface area (Å²) >= 11 is 1.55. The summed E-state index contributed by atoms with van der Waals surface area (Å²) in [6, 6.07) is 7.86. The molecule has 144 valence electrons. The molecule has 0 bridgehead atoms. The van der Waals surface area contributed by atoms with Gasteiger partial charge in [0.1, 0.15) is 0 Å². The van der Waals surface area contributed by atoms with Crippen molar-refractivity contribution >= 4 is 45.6 Å². The van der Waals surface area contributed by atoms with Gasteiger partial charge in [-0.25, -0.2) is 0 Å².